The van der Waals surface area contributed by atoms with Crippen molar-refractivity contribution in [1.29, 1.82) is 0 Å². The molecule has 5 aromatic rings. The van der Waals surface area contributed by atoms with E-state index in [0.29, 0.717) is 0 Å². The van der Waals surface area contributed by atoms with Gasteiger partial charge >= 0.3 is 11.9 Å². The van der Waals surface area contributed by atoms with Crippen LogP contribution in [0.1, 0.15) is 176 Å². The molecule has 0 saturated heterocycles. The lowest BCUT2D eigenvalue weighted by molar-refractivity contribution is -0.136. The van der Waals surface area contributed by atoms with E-state index in [4.69, 9.17) is 29.7 Å². The average molecular weight is 1660 g/mol. The third-order valence-corrected chi connectivity index (χ3v) is 23.1. The number of allylic oxidation sites excluding steroid dienone is 1. The number of aliphatic hydroxyl groups excluding tert-OH is 14. The lowest BCUT2D eigenvalue weighted by atomic mass is 9.81. The maximum atomic E-state index is 15.1. The Labute approximate surface area is 670 Å². The van der Waals surface area contributed by atoms with E-state index in [1.54, 1.807) is 26.8 Å². The summed E-state index contributed by atoms with van der Waals surface area (Å²) in [5.41, 5.74) is -7.39. The second kappa shape index (κ2) is 35.3. The third kappa shape index (κ3) is 18.5. The van der Waals surface area contributed by atoms with E-state index >= 15 is 4.79 Å². The van der Waals surface area contributed by atoms with Crippen molar-refractivity contribution in [3.8, 4) is 0 Å². The van der Waals surface area contributed by atoms with Crippen molar-refractivity contribution in [2.24, 2.45) is 65.8 Å². The number of rotatable bonds is 11. The lowest BCUT2D eigenvalue weighted by Gasteiger charge is -2.37. The monoisotopic (exact) mass is 1660 g/mol. The maximum Gasteiger partial charge on any atom is 0.357 e. The average Bonchev–Trinajstić information content (AvgIpc) is 1.47. The summed E-state index contributed by atoms with van der Waals surface area (Å²) in [6.07, 6.45) is -3.48. The molecule has 5 aliphatic rings. The van der Waals surface area contributed by atoms with Gasteiger partial charge in [0, 0.05) is 32.8 Å². The number of carbonyl (C=O) groups excluding carboxylic acids is 2. The highest BCUT2D eigenvalue weighted by molar-refractivity contribution is 8.14. The van der Waals surface area contributed by atoms with Crippen LogP contribution in [0.4, 0.5) is 0 Å². The normalized spacial score (nSPS) is 26.4. The molecule has 16 N–H and O–H groups in total. The molecule has 15 atom stereocenters. The summed E-state index contributed by atoms with van der Waals surface area (Å²) < 4.78 is 10.9. The van der Waals surface area contributed by atoms with Gasteiger partial charge in [0.05, 0.1) is 60.3 Å². The molecule has 0 saturated carbocycles. The van der Waals surface area contributed by atoms with Gasteiger partial charge in [0.15, 0.2) is 6.04 Å². The molecule has 604 valence electrons. The van der Waals surface area contributed by atoms with Crippen LogP contribution in [0.5, 0.6) is 0 Å². The van der Waals surface area contributed by atoms with Gasteiger partial charge in [-0.25, -0.2) is 84.4 Å². The number of thiazole rings is 4. The molecule has 42 heteroatoms. The molecule has 4 unspecified atom stereocenters. The summed E-state index contributed by atoms with van der Waals surface area (Å²) in [5, 5.41) is 184. The van der Waals surface area contributed by atoms with Gasteiger partial charge in [-0.3, -0.25) is 15.3 Å². The predicted octanol–water partition coefficient (Wildman–Crippen LogP) is 8.80. The Morgan fingerprint density at radius 3 is 2.12 bits per heavy atom. The molecule has 4 aliphatic heterocycles. The van der Waals surface area contributed by atoms with Gasteiger partial charge < -0.3 is 86.1 Å². The number of fused-ring (bicyclic) bond motifs is 7. The number of aromatic nitrogens is 5. The predicted molar refractivity (Wildman–Crippen MR) is 435 cm³/mol. The number of aliphatic imine (C=N–C) groups is 12. The minimum Gasteiger partial charge on any atom is -0.495 e. The number of nitrogens with zero attached hydrogens (tertiary/aromatic N) is 17. The Balaban J connectivity index is 1.25. The maximum absolute atomic E-state index is 15.1. The molecule has 0 amide bonds. The van der Waals surface area contributed by atoms with Crippen molar-refractivity contribution in [3.05, 3.63) is 160 Å². The van der Waals surface area contributed by atoms with Gasteiger partial charge in [0.25, 0.3) is 0 Å². The number of carbonyl (C=O) groups is 2. The number of esters is 2. The quantitative estimate of drug-likeness (QED) is 0.0254. The summed E-state index contributed by atoms with van der Waals surface area (Å²) in [4.78, 5) is 103. The highest BCUT2D eigenvalue weighted by atomic mass is 32.2. The zero-order chi connectivity index (χ0) is 83.4. The van der Waals surface area contributed by atoms with Crippen LogP contribution in [-0.4, -0.2) is 250 Å². The summed E-state index contributed by atoms with van der Waals surface area (Å²) in [5.74, 6) is -11.0. The Morgan fingerprint density at radius 2 is 1.45 bits per heavy atom. The topological polar surface area (TPSA) is 581 Å². The molecule has 0 fully saturated rings. The molecule has 0 spiro atoms. The van der Waals surface area contributed by atoms with Crippen molar-refractivity contribution in [2.75, 3.05) is 12.9 Å². The summed E-state index contributed by atoms with van der Waals surface area (Å²) >= 11 is 4.56. The van der Waals surface area contributed by atoms with E-state index in [1.165, 1.54) is 81.3 Å². The van der Waals surface area contributed by atoms with Crippen molar-refractivity contribution in [3.63, 3.8) is 0 Å². The van der Waals surface area contributed by atoms with Crippen LogP contribution in [0.2, 0.25) is 0 Å². The molecular weight excluding hydrogens is 1580 g/mol. The van der Waals surface area contributed by atoms with Gasteiger partial charge in [-0.2, -0.15) is 0 Å². The van der Waals surface area contributed by atoms with Crippen LogP contribution >= 0.6 is 57.1 Å². The summed E-state index contributed by atoms with van der Waals surface area (Å²) in [7, 11) is 1.06. The minimum atomic E-state index is -2.21. The van der Waals surface area contributed by atoms with E-state index in [2.05, 4.69) is 96.3 Å². The van der Waals surface area contributed by atoms with E-state index in [1.807, 2.05) is 0 Å². The largest absolute Gasteiger partial charge is 0.495 e. The van der Waals surface area contributed by atoms with Gasteiger partial charge in [-0.1, -0.05) is 58.4 Å². The number of thioether (sulfide) groups is 1. The molecule has 9 heterocycles. The number of methoxy groups -OCH3 is 1. The summed E-state index contributed by atoms with van der Waals surface area (Å²) in [6.45, 7) is 27.4. The number of hydrogen-bond donors (Lipinski definition) is 16. The van der Waals surface area contributed by atoms with E-state index in [-0.39, 0.29) is 94.7 Å². The van der Waals surface area contributed by atoms with Crippen LogP contribution < -0.4 is 5.32 Å². The minimum absolute atomic E-state index is 0.0208. The fraction of sp³-hybridized carbons (Fsp3) is 0.403. The lowest BCUT2D eigenvalue weighted by Crippen LogP contribution is -2.49. The highest BCUT2D eigenvalue weighted by Gasteiger charge is 2.50. The van der Waals surface area contributed by atoms with Gasteiger partial charge in [-0.15, -0.1) is 57.1 Å². The first-order valence-corrected chi connectivity index (χ1v) is 39.3. The number of nitrogens with one attached hydrogen (secondary N) is 1. The number of ether oxygens (including phenoxy) is 2. The number of pyridine rings is 1. The van der Waals surface area contributed by atoms with Crippen LogP contribution in [0, 0.1) is 5.92 Å². The first-order valence-electron chi connectivity index (χ1n) is 34.8. The SMILES string of the molecule is C=C(N=C(O)C(=C)N=C(O)c1csc(C2=N[C@@H]3c4csc(n4)C4N=C(O)c5csc(n5)[C@H]([C@@](C)(O)[C@H](C)O)N=C(O)[C@@H]5CSC(=N5)/C(=C/C)N=C(O)C([C@H](C)O)N=C(O)c5csc(n5)C3(CC2)N=C(O)[C@@H](C)N=C(O)C(=C)N=C(O)C(=C)N=C(O)C(C(C)C)N[C@@H]2C=Cc3c([C@H](C)O)cc(nc3[C@H]2O)C(=O)O[C@@H]4C)n1)C(=O)OC. The number of cyclic esters (lactones) is 1. The zero-order valence-electron chi connectivity index (χ0n) is 62.6. The molecule has 0 radical (unpaired) electrons. The van der Waals surface area contributed by atoms with E-state index in [9.17, 15) is 81.4 Å². The molecular formula is C72H82N18O19S5. The third-order valence-electron chi connectivity index (χ3n) is 18.3. The van der Waals surface area contributed by atoms with Crippen molar-refractivity contribution in [2.45, 2.75) is 165 Å². The molecule has 10 rings (SSSR count). The van der Waals surface area contributed by atoms with Crippen LogP contribution in [0.3, 0.4) is 0 Å². The van der Waals surface area contributed by atoms with Crippen LogP contribution in [0.25, 0.3) is 6.08 Å². The second-order valence-electron chi connectivity index (χ2n) is 26.9. The molecule has 0 aromatic carbocycles. The van der Waals surface area contributed by atoms with Crippen LogP contribution in [-0.2, 0) is 19.8 Å². The molecule has 1 aliphatic carbocycles. The summed E-state index contributed by atoms with van der Waals surface area (Å²) in [6, 6.07) is -10.2. The van der Waals surface area contributed by atoms with Crippen molar-refractivity contribution < 1.29 is 95.7 Å². The van der Waals surface area contributed by atoms with Gasteiger partial charge in [-0.05, 0) is 78.9 Å². The molecule has 5 aromatic heterocycles. The van der Waals surface area contributed by atoms with Crippen molar-refractivity contribution in [1.82, 2.24) is 30.2 Å². The standard InChI is InChI=1S/C72H82N18O19S5/c1-15-38-64-83-45(23-110-64)61(102)89-53(71(13,107)35(12)93)67-85-44(24-113-67)59(100)88-49-34(11)109-69(106)41-20-37(32(9)91)36-16-17-39(51(94)50(36)79-41)78-47(26(2)3)62(103)76-29(6)55(96)73-27(4)54(95)74-30(7)57(98)90-72(70-86-46(25-114-70)60(101)87-48(33(10)92)63(104)81-38)19-18-40(80-52(72)42-21-112-66(49)82-42)65-84-43(22-111-65)58(99)75-28(5)56(97)77-31(8)68(105)108-14/h15-17,20-22,24-26,30,32-35,39,45,47-49,51-53,78,91-94,107H,4-6,8,18-19,23H2,1-3,7,9-14H3,(H,73,96)(H,74,95)(H,75,99)(H,76,103)(H,77,97)(H,81,104)(H,87,101)(H,88,100)(H,89,102)(H,90,98)/b38-15-/t30-,32+,33+,34-,35+,39-,45+,47?,48?,49?,51+,52-,53-,71+,72?/m1/s1. The Hall–Kier alpha value is -10.8. The molecule has 37 nitrogen and oxygen atoms in total. The fourth-order valence-corrected chi connectivity index (χ4v) is 16.5. The zero-order valence-corrected chi connectivity index (χ0v) is 66.7. The van der Waals surface area contributed by atoms with E-state index < -0.39 is 195 Å². The Morgan fingerprint density at radius 1 is 0.763 bits per heavy atom. The van der Waals surface area contributed by atoms with Crippen molar-refractivity contribution >= 4 is 145 Å². The first-order chi connectivity index (χ1) is 53.7. The highest BCUT2D eigenvalue weighted by Crippen LogP contribution is 2.51. The fourth-order valence-electron chi connectivity index (χ4n) is 11.7. The first kappa shape index (κ1) is 85.6. The molecule has 13 bridgehead atoms. The number of hydrogen-bond acceptors (Lipinski definition) is 32. The van der Waals surface area contributed by atoms with Gasteiger partial charge in [0.2, 0.25) is 59.0 Å². The Kier molecular flexibility index (Phi) is 26.5. The smallest absolute Gasteiger partial charge is 0.357 e. The Bertz CT molecular complexity index is 5110. The molecule has 114 heavy (non-hydrogen) atoms. The number of aliphatic hydroxyl groups is 15. The second-order valence-corrected chi connectivity index (χ2v) is 31.4. The van der Waals surface area contributed by atoms with Crippen LogP contribution in [0.15, 0.2) is 154 Å². The van der Waals surface area contributed by atoms with Gasteiger partial charge in [0.1, 0.15) is 124 Å². The van der Waals surface area contributed by atoms with E-state index in [0.717, 1.165) is 64.2 Å².